The van der Waals surface area contributed by atoms with E-state index in [4.69, 9.17) is 0 Å². The number of nitrogens with zero attached hydrogens (tertiary/aromatic N) is 1. The van der Waals surface area contributed by atoms with Crippen molar-refractivity contribution in [3.8, 4) is 0 Å². The van der Waals surface area contributed by atoms with Crippen LogP contribution in [0.3, 0.4) is 0 Å². The number of nitro benzene ring substituents is 1. The summed E-state index contributed by atoms with van der Waals surface area (Å²) in [6, 6.07) is 5.59. The largest absolute Gasteiger partial charge is 0.282 e. The molecule has 1 saturated carbocycles. The lowest BCUT2D eigenvalue weighted by Gasteiger charge is -2.11. The van der Waals surface area contributed by atoms with Gasteiger partial charge in [0, 0.05) is 12.0 Å². The number of hydrogen-bond acceptors (Lipinski definition) is 4. The van der Waals surface area contributed by atoms with Gasteiger partial charge in [0.15, 0.2) is 0 Å². The van der Waals surface area contributed by atoms with Crippen LogP contribution in [0.4, 0.5) is 5.69 Å². The molecule has 2 amide bonds. The molecule has 2 N–H and O–H groups in total. The molecule has 1 fully saturated rings. The zero-order valence-corrected chi connectivity index (χ0v) is 10.8. The van der Waals surface area contributed by atoms with E-state index < -0.39 is 10.8 Å². The lowest BCUT2D eigenvalue weighted by atomic mass is 10.1. The second-order valence-electron chi connectivity index (χ2n) is 4.70. The zero-order valence-electron chi connectivity index (χ0n) is 10.8. The van der Waals surface area contributed by atoms with E-state index in [1.807, 2.05) is 0 Å². The molecule has 106 valence electrons. The van der Waals surface area contributed by atoms with Crippen molar-refractivity contribution in [2.24, 2.45) is 5.92 Å². The zero-order chi connectivity index (χ0) is 14.5. The first-order valence-corrected chi connectivity index (χ1v) is 6.43. The van der Waals surface area contributed by atoms with Gasteiger partial charge in [0.05, 0.1) is 4.92 Å². The van der Waals surface area contributed by atoms with Crippen LogP contribution >= 0.6 is 0 Å². The summed E-state index contributed by atoms with van der Waals surface area (Å²) in [5, 5.41) is 10.8. The first kappa shape index (κ1) is 14.0. The Morgan fingerprint density at radius 3 is 2.45 bits per heavy atom. The lowest BCUT2D eigenvalue weighted by molar-refractivity contribution is -0.385. The Labute approximate surface area is 115 Å². The van der Waals surface area contributed by atoms with Gasteiger partial charge in [-0.25, -0.2) is 0 Å². The lowest BCUT2D eigenvalue weighted by Crippen LogP contribution is -2.44. The summed E-state index contributed by atoms with van der Waals surface area (Å²) in [6.07, 6.45) is 3.65. The van der Waals surface area contributed by atoms with Crippen molar-refractivity contribution >= 4 is 17.5 Å². The Morgan fingerprint density at radius 2 is 1.80 bits per heavy atom. The average molecular weight is 277 g/mol. The summed E-state index contributed by atoms with van der Waals surface area (Å²) >= 11 is 0. The minimum Gasteiger partial charge on any atom is -0.273 e. The van der Waals surface area contributed by atoms with Crippen molar-refractivity contribution in [1.82, 2.24) is 10.9 Å². The molecule has 0 heterocycles. The van der Waals surface area contributed by atoms with Crippen LogP contribution in [-0.2, 0) is 4.79 Å². The molecule has 0 bridgehead atoms. The van der Waals surface area contributed by atoms with Gasteiger partial charge in [-0.2, -0.15) is 0 Å². The third-order valence-electron chi connectivity index (χ3n) is 3.37. The van der Waals surface area contributed by atoms with Crippen LogP contribution in [-0.4, -0.2) is 16.7 Å². The number of nitrogens with one attached hydrogen (secondary N) is 2. The van der Waals surface area contributed by atoms with Crippen LogP contribution in [0, 0.1) is 16.0 Å². The molecule has 1 aromatic rings. The number of carbonyl (C=O) groups excluding carboxylic acids is 2. The highest BCUT2D eigenvalue weighted by molar-refractivity contribution is 5.99. The molecular formula is C13H15N3O4. The van der Waals surface area contributed by atoms with Gasteiger partial charge in [0.1, 0.15) is 5.56 Å². The van der Waals surface area contributed by atoms with Crippen LogP contribution < -0.4 is 10.9 Å². The minimum atomic E-state index is -0.691. The summed E-state index contributed by atoms with van der Waals surface area (Å²) in [6.45, 7) is 0. The normalized spacial score (nSPS) is 14.8. The highest BCUT2D eigenvalue weighted by atomic mass is 16.6. The minimum absolute atomic E-state index is 0.0794. The molecule has 0 radical (unpaired) electrons. The number of hydrogen-bond donors (Lipinski definition) is 2. The fourth-order valence-electron chi connectivity index (χ4n) is 2.30. The topological polar surface area (TPSA) is 101 Å². The summed E-state index contributed by atoms with van der Waals surface area (Å²) in [7, 11) is 0. The molecule has 0 aromatic heterocycles. The standard InChI is InChI=1S/C13H15N3O4/c17-12(9-5-1-2-6-9)14-15-13(18)10-7-3-4-8-11(10)16(19)20/h3-4,7-9H,1-2,5-6H2,(H,14,17)(H,15,18). The van der Waals surface area contributed by atoms with E-state index in [-0.39, 0.29) is 23.1 Å². The highest BCUT2D eigenvalue weighted by Crippen LogP contribution is 2.24. The quantitative estimate of drug-likeness (QED) is 0.646. The molecule has 0 saturated heterocycles. The molecule has 7 heteroatoms. The van der Waals surface area contributed by atoms with Crippen molar-refractivity contribution in [1.29, 1.82) is 0 Å². The maximum Gasteiger partial charge on any atom is 0.282 e. The van der Waals surface area contributed by atoms with Gasteiger partial charge < -0.3 is 0 Å². The Bertz CT molecular complexity index is 538. The van der Waals surface area contributed by atoms with Crippen LogP contribution in [0.25, 0.3) is 0 Å². The van der Waals surface area contributed by atoms with Crippen molar-refractivity contribution in [3.63, 3.8) is 0 Å². The number of para-hydroxylation sites is 1. The number of carbonyl (C=O) groups is 2. The van der Waals surface area contributed by atoms with E-state index >= 15 is 0 Å². The highest BCUT2D eigenvalue weighted by Gasteiger charge is 2.24. The summed E-state index contributed by atoms with van der Waals surface area (Å²) in [5.74, 6) is -1.01. The van der Waals surface area contributed by atoms with E-state index in [1.165, 1.54) is 24.3 Å². The number of nitro groups is 1. The molecule has 0 atom stereocenters. The molecule has 0 unspecified atom stereocenters. The van der Waals surface area contributed by atoms with Crippen LogP contribution in [0.2, 0.25) is 0 Å². The maximum absolute atomic E-state index is 11.9. The second kappa shape index (κ2) is 6.14. The Hall–Kier alpha value is -2.44. The van der Waals surface area contributed by atoms with Gasteiger partial charge in [0.25, 0.3) is 11.6 Å². The summed E-state index contributed by atoms with van der Waals surface area (Å²) in [4.78, 5) is 33.8. The Kier molecular flexibility index (Phi) is 4.29. The predicted octanol–water partition coefficient (Wildman–Crippen LogP) is 1.55. The molecule has 7 nitrogen and oxygen atoms in total. The van der Waals surface area contributed by atoms with Crippen molar-refractivity contribution < 1.29 is 14.5 Å². The molecule has 0 spiro atoms. The Balaban J connectivity index is 1.98. The van der Waals surface area contributed by atoms with E-state index in [2.05, 4.69) is 10.9 Å². The average Bonchev–Trinajstić information content (AvgIpc) is 2.98. The van der Waals surface area contributed by atoms with E-state index in [9.17, 15) is 19.7 Å². The third kappa shape index (κ3) is 3.11. The first-order chi connectivity index (χ1) is 9.59. The van der Waals surface area contributed by atoms with E-state index in [0.717, 1.165) is 25.7 Å². The van der Waals surface area contributed by atoms with Crippen LogP contribution in [0.5, 0.6) is 0 Å². The third-order valence-corrected chi connectivity index (χ3v) is 3.37. The SMILES string of the molecule is O=C(NNC(=O)C1CCCC1)c1ccccc1[N+](=O)[O-]. The first-order valence-electron chi connectivity index (χ1n) is 6.43. The second-order valence-corrected chi connectivity index (χ2v) is 4.70. The van der Waals surface area contributed by atoms with Gasteiger partial charge in [-0.05, 0) is 18.9 Å². The molecule has 1 aliphatic carbocycles. The van der Waals surface area contributed by atoms with Gasteiger partial charge in [-0.15, -0.1) is 0 Å². The maximum atomic E-state index is 11.9. The predicted molar refractivity (Wildman–Crippen MR) is 70.7 cm³/mol. The summed E-state index contributed by atoms with van der Waals surface area (Å²) < 4.78 is 0. The molecule has 1 aliphatic rings. The molecule has 1 aromatic carbocycles. The van der Waals surface area contributed by atoms with Gasteiger partial charge in [-0.1, -0.05) is 25.0 Å². The molecule has 0 aliphatic heterocycles. The Morgan fingerprint density at radius 1 is 1.15 bits per heavy atom. The van der Waals surface area contributed by atoms with Crippen molar-refractivity contribution in [3.05, 3.63) is 39.9 Å². The smallest absolute Gasteiger partial charge is 0.273 e. The fraction of sp³-hybridized carbons (Fsp3) is 0.385. The van der Waals surface area contributed by atoms with Gasteiger partial charge in [0.2, 0.25) is 5.91 Å². The molecule has 2 rings (SSSR count). The molecule has 20 heavy (non-hydrogen) atoms. The molecular weight excluding hydrogens is 262 g/mol. The van der Waals surface area contributed by atoms with Crippen LogP contribution in [0.15, 0.2) is 24.3 Å². The van der Waals surface area contributed by atoms with Crippen molar-refractivity contribution in [2.45, 2.75) is 25.7 Å². The number of rotatable bonds is 3. The van der Waals surface area contributed by atoms with Gasteiger partial charge >= 0.3 is 0 Å². The number of amides is 2. The number of benzene rings is 1. The van der Waals surface area contributed by atoms with Crippen molar-refractivity contribution in [2.75, 3.05) is 0 Å². The van der Waals surface area contributed by atoms with Gasteiger partial charge in [-0.3, -0.25) is 30.6 Å². The summed E-state index contributed by atoms with van der Waals surface area (Å²) in [5.41, 5.74) is 4.18. The van der Waals surface area contributed by atoms with Crippen LogP contribution in [0.1, 0.15) is 36.0 Å². The fourth-order valence-corrected chi connectivity index (χ4v) is 2.30. The van der Waals surface area contributed by atoms with E-state index in [0.29, 0.717) is 0 Å². The number of hydrazine groups is 1. The monoisotopic (exact) mass is 277 g/mol. The van der Waals surface area contributed by atoms with E-state index in [1.54, 1.807) is 0 Å².